The standard InChI is InChI=1S/C41H65N9O7/c1-27(2)25-35(50-39(54)33(21-20-28-13-5-3-6-14-28)47-37(52)31(45)26-29-15-7-4-8-16-29)40(55)48-32(19-12-23-43)38(53)46-24-10-9-18-34(41(56)57)49-36(51)30(44)17-11-22-42/h3-8,13-16,27,30-35H,9-12,17-26,42-45H2,1-2H3,(H,46,53)(H,47,52)(H,48,55)(H,49,51)(H,50,54)(H,56,57)/t30-,31-,32-,33-,34+,35-/m1/s1. The Kier molecular flexibility index (Phi) is 22.7. The molecule has 0 radical (unpaired) electrons. The number of carboxylic acids is 1. The molecule has 2 aromatic rings. The molecule has 0 aliphatic carbocycles. The third-order valence-corrected chi connectivity index (χ3v) is 9.39. The monoisotopic (exact) mass is 796 g/mol. The molecule has 0 unspecified atom stereocenters. The third kappa shape index (κ3) is 19.2. The van der Waals surface area contributed by atoms with Gasteiger partial charge in [-0.05, 0) is 101 Å². The van der Waals surface area contributed by atoms with Crippen LogP contribution in [0.25, 0.3) is 0 Å². The molecule has 0 spiro atoms. The zero-order valence-corrected chi connectivity index (χ0v) is 33.4. The molecule has 0 bridgehead atoms. The highest BCUT2D eigenvalue weighted by Crippen LogP contribution is 2.11. The minimum atomic E-state index is -1.19. The van der Waals surface area contributed by atoms with Crippen molar-refractivity contribution in [1.29, 1.82) is 0 Å². The molecule has 57 heavy (non-hydrogen) atoms. The van der Waals surface area contributed by atoms with Crippen molar-refractivity contribution < 1.29 is 33.9 Å². The molecule has 316 valence electrons. The summed E-state index contributed by atoms with van der Waals surface area (Å²) in [5.41, 5.74) is 25.1. The van der Waals surface area contributed by atoms with Crippen molar-refractivity contribution in [1.82, 2.24) is 26.6 Å². The normalized spacial score (nSPS) is 14.3. The van der Waals surface area contributed by atoms with E-state index in [-0.39, 0.29) is 51.1 Å². The zero-order valence-electron chi connectivity index (χ0n) is 33.4. The van der Waals surface area contributed by atoms with Gasteiger partial charge in [-0.1, -0.05) is 74.5 Å². The summed E-state index contributed by atoms with van der Waals surface area (Å²) < 4.78 is 0. The number of unbranched alkanes of at least 4 members (excludes halogenated alkanes) is 1. The lowest BCUT2D eigenvalue weighted by Gasteiger charge is -2.27. The predicted octanol–water partition coefficient (Wildman–Crippen LogP) is 0.351. The minimum Gasteiger partial charge on any atom is -0.480 e. The van der Waals surface area contributed by atoms with E-state index in [1.165, 1.54) is 0 Å². The highest BCUT2D eigenvalue weighted by Gasteiger charge is 2.31. The number of rotatable bonds is 28. The molecule has 2 rings (SSSR count). The van der Waals surface area contributed by atoms with Gasteiger partial charge in [0.2, 0.25) is 29.5 Å². The maximum absolute atomic E-state index is 13.9. The van der Waals surface area contributed by atoms with Gasteiger partial charge < -0.3 is 54.6 Å². The Morgan fingerprint density at radius 2 is 1.05 bits per heavy atom. The van der Waals surface area contributed by atoms with Crippen LogP contribution in [0.2, 0.25) is 0 Å². The fraction of sp³-hybridized carbons (Fsp3) is 0.561. The second-order valence-electron chi connectivity index (χ2n) is 14.8. The number of carbonyl (C=O) groups is 6. The van der Waals surface area contributed by atoms with Crippen molar-refractivity contribution >= 4 is 35.5 Å². The van der Waals surface area contributed by atoms with Gasteiger partial charge in [0.1, 0.15) is 24.2 Å². The fourth-order valence-electron chi connectivity index (χ4n) is 6.12. The van der Waals surface area contributed by atoms with Gasteiger partial charge in [-0.2, -0.15) is 0 Å². The molecule has 16 heteroatoms. The van der Waals surface area contributed by atoms with Crippen LogP contribution in [0.3, 0.4) is 0 Å². The number of aryl methyl sites for hydroxylation is 1. The molecule has 0 saturated carbocycles. The van der Waals surface area contributed by atoms with E-state index in [2.05, 4.69) is 26.6 Å². The van der Waals surface area contributed by atoms with Crippen molar-refractivity contribution in [2.24, 2.45) is 28.9 Å². The molecule has 5 amide bonds. The molecule has 16 nitrogen and oxygen atoms in total. The quantitative estimate of drug-likeness (QED) is 0.0525. The summed E-state index contributed by atoms with van der Waals surface area (Å²) in [6, 6.07) is 12.9. The first-order chi connectivity index (χ1) is 27.2. The maximum Gasteiger partial charge on any atom is 0.326 e. The largest absolute Gasteiger partial charge is 0.480 e. The van der Waals surface area contributed by atoms with Gasteiger partial charge in [0.05, 0.1) is 12.1 Å². The average Bonchev–Trinajstić information content (AvgIpc) is 3.19. The van der Waals surface area contributed by atoms with Crippen molar-refractivity contribution in [2.75, 3.05) is 19.6 Å². The molecule has 6 atom stereocenters. The van der Waals surface area contributed by atoms with E-state index in [1.807, 2.05) is 74.5 Å². The number of amides is 5. The number of nitrogens with one attached hydrogen (secondary N) is 5. The van der Waals surface area contributed by atoms with Crippen LogP contribution in [0.5, 0.6) is 0 Å². The van der Waals surface area contributed by atoms with Gasteiger partial charge in [0.15, 0.2) is 0 Å². The number of nitrogens with two attached hydrogens (primary N) is 4. The second-order valence-corrected chi connectivity index (χ2v) is 14.8. The summed E-state index contributed by atoms with van der Waals surface area (Å²) in [4.78, 5) is 78.3. The molecule has 2 aromatic carbocycles. The van der Waals surface area contributed by atoms with E-state index < -0.39 is 71.8 Å². The van der Waals surface area contributed by atoms with Gasteiger partial charge in [-0.25, -0.2) is 4.79 Å². The number of aliphatic carboxylic acids is 1. The van der Waals surface area contributed by atoms with Crippen LogP contribution in [0, 0.1) is 5.92 Å². The van der Waals surface area contributed by atoms with Gasteiger partial charge in [0, 0.05) is 6.54 Å². The highest BCUT2D eigenvalue weighted by atomic mass is 16.4. The lowest BCUT2D eigenvalue weighted by atomic mass is 10.00. The molecule has 0 aliphatic rings. The Balaban J connectivity index is 2.08. The van der Waals surface area contributed by atoms with Crippen LogP contribution in [-0.4, -0.2) is 96.5 Å². The molecular formula is C41H65N9O7. The maximum atomic E-state index is 13.9. The Morgan fingerprint density at radius 3 is 1.65 bits per heavy atom. The Bertz CT molecular complexity index is 1530. The molecule has 0 aliphatic heterocycles. The fourth-order valence-corrected chi connectivity index (χ4v) is 6.12. The zero-order chi connectivity index (χ0) is 42.2. The van der Waals surface area contributed by atoms with E-state index in [1.54, 1.807) is 0 Å². The van der Waals surface area contributed by atoms with Gasteiger partial charge in [0.25, 0.3) is 0 Å². The Labute approximate surface area is 336 Å². The van der Waals surface area contributed by atoms with E-state index in [0.717, 1.165) is 11.1 Å². The predicted molar refractivity (Wildman–Crippen MR) is 219 cm³/mol. The number of hydrogen-bond donors (Lipinski definition) is 10. The van der Waals surface area contributed by atoms with Crippen molar-refractivity contribution in [3.63, 3.8) is 0 Å². The van der Waals surface area contributed by atoms with E-state index in [4.69, 9.17) is 22.9 Å². The van der Waals surface area contributed by atoms with Crippen LogP contribution < -0.4 is 49.5 Å². The summed E-state index contributed by atoms with van der Waals surface area (Å²) in [7, 11) is 0. The average molecular weight is 796 g/mol. The SMILES string of the molecule is CC(C)C[C@@H](NC(=O)[C@@H](CCc1ccccc1)NC(=O)[C@H](N)Cc1ccccc1)C(=O)N[C@H](CCCN)C(=O)NCCCC[C@H](NC(=O)[C@H](N)CCCN)C(=O)O. The summed E-state index contributed by atoms with van der Waals surface area (Å²) in [6.07, 6.45) is 3.70. The third-order valence-electron chi connectivity index (χ3n) is 9.39. The number of carboxylic acid groups (broad SMARTS) is 1. The topological polar surface area (TPSA) is 287 Å². The van der Waals surface area contributed by atoms with Gasteiger partial charge in [-0.3, -0.25) is 24.0 Å². The van der Waals surface area contributed by atoms with Crippen LogP contribution in [0.4, 0.5) is 0 Å². The Morgan fingerprint density at radius 1 is 0.561 bits per heavy atom. The van der Waals surface area contributed by atoms with Crippen molar-refractivity contribution in [3.05, 3.63) is 71.8 Å². The van der Waals surface area contributed by atoms with Gasteiger partial charge >= 0.3 is 5.97 Å². The molecule has 0 aromatic heterocycles. The highest BCUT2D eigenvalue weighted by molar-refractivity contribution is 5.95. The van der Waals surface area contributed by atoms with E-state index in [9.17, 15) is 33.9 Å². The number of hydrogen-bond acceptors (Lipinski definition) is 10. The summed E-state index contributed by atoms with van der Waals surface area (Å²) in [5.74, 6) is -3.85. The number of carbonyl (C=O) groups excluding carboxylic acids is 5. The molecule has 14 N–H and O–H groups in total. The smallest absolute Gasteiger partial charge is 0.326 e. The first-order valence-electron chi connectivity index (χ1n) is 20.0. The van der Waals surface area contributed by atoms with E-state index >= 15 is 0 Å². The van der Waals surface area contributed by atoms with Crippen LogP contribution in [0.1, 0.15) is 82.8 Å². The lowest BCUT2D eigenvalue weighted by Crippen LogP contribution is -2.58. The Hall–Kier alpha value is -4.90. The van der Waals surface area contributed by atoms with Gasteiger partial charge in [-0.15, -0.1) is 0 Å². The summed E-state index contributed by atoms with van der Waals surface area (Å²) in [6.45, 7) is 4.63. The molecule has 0 fully saturated rings. The lowest BCUT2D eigenvalue weighted by molar-refractivity contribution is -0.142. The molecular weight excluding hydrogens is 731 g/mol. The van der Waals surface area contributed by atoms with Crippen LogP contribution in [-0.2, 0) is 41.6 Å². The number of benzene rings is 2. The van der Waals surface area contributed by atoms with Crippen LogP contribution in [0.15, 0.2) is 60.7 Å². The molecule has 0 saturated heterocycles. The first-order valence-corrected chi connectivity index (χ1v) is 20.0. The summed E-state index contributed by atoms with van der Waals surface area (Å²) in [5, 5.41) is 23.3. The second kappa shape index (κ2) is 26.9. The minimum absolute atomic E-state index is 0.0184. The molecule has 0 heterocycles. The van der Waals surface area contributed by atoms with Crippen molar-refractivity contribution in [2.45, 2.75) is 121 Å². The van der Waals surface area contributed by atoms with Crippen LogP contribution >= 0.6 is 0 Å². The first kappa shape index (κ1) is 48.2. The summed E-state index contributed by atoms with van der Waals surface area (Å²) >= 11 is 0. The van der Waals surface area contributed by atoms with E-state index in [0.29, 0.717) is 45.1 Å². The van der Waals surface area contributed by atoms with Crippen molar-refractivity contribution in [3.8, 4) is 0 Å².